The van der Waals surface area contributed by atoms with E-state index in [-0.39, 0.29) is 25.0 Å². The van der Waals surface area contributed by atoms with E-state index >= 15 is 0 Å². The molecule has 2 aromatic heterocycles. The van der Waals surface area contributed by atoms with Gasteiger partial charge in [0.2, 0.25) is 23.6 Å². The summed E-state index contributed by atoms with van der Waals surface area (Å²) in [6, 6.07) is 68.0. The monoisotopic (exact) mass is 1260 g/mol. The molecular weight excluding hydrogens is 1200 g/mol. The van der Waals surface area contributed by atoms with Gasteiger partial charge in [0.1, 0.15) is 12.1 Å². The van der Waals surface area contributed by atoms with E-state index in [1.165, 1.54) is 9.80 Å². The van der Waals surface area contributed by atoms with E-state index in [1.807, 2.05) is 180 Å². The van der Waals surface area contributed by atoms with Crippen LogP contribution < -0.4 is 9.80 Å². The maximum absolute atomic E-state index is 14.6. The van der Waals surface area contributed by atoms with Gasteiger partial charge in [-0.05, 0) is 97.8 Å². The summed E-state index contributed by atoms with van der Waals surface area (Å²) in [5, 5.41) is 11.2. The number of carbonyl (C=O) groups excluding carboxylic acids is 6. The number of imide groups is 2. The highest BCUT2D eigenvalue weighted by Gasteiger charge is 2.67. The molecule has 92 heavy (non-hydrogen) atoms. The zero-order valence-electron chi connectivity index (χ0n) is 50.1. The van der Waals surface area contributed by atoms with Crippen molar-refractivity contribution in [1.29, 1.82) is 0 Å². The van der Waals surface area contributed by atoms with Crippen molar-refractivity contribution in [2.24, 2.45) is 23.7 Å². The second-order valence-electron chi connectivity index (χ2n) is 22.8. The number of likely N-dealkylation sites (tertiary alicyclic amines) is 2. The van der Waals surface area contributed by atoms with Crippen LogP contribution in [0.25, 0.3) is 33.9 Å². The summed E-state index contributed by atoms with van der Waals surface area (Å²) in [5.74, 6) is -6.26. The lowest BCUT2D eigenvalue weighted by Gasteiger charge is -2.32. The van der Waals surface area contributed by atoms with E-state index in [1.54, 1.807) is 96.0 Å². The number of hydrogen-bond acceptors (Lipinski definition) is 12. The molecular formula is C74H62Cl2N8O8. The van der Waals surface area contributed by atoms with Gasteiger partial charge in [-0.15, -0.1) is 0 Å². The predicted molar refractivity (Wildman–Crippen MR) is 350 cm³/mol. The van der Waals surface area contributed by atoms with Crippen molar-refractivity contribution < 1.29 is 38.2 Å². The number of nitrogens with zero attached hydrogens (tertiary/aromatic N) is 8. The van der Waals surface area contributed by atoms with Crippen molar-refractivity contribution in [2.45, 2.75) is 51.1 Å². The van der Waals surface area contributed by atoms with Gasteiger partial charge in [0.05, 0.1) is 83.1 Å². The maximum Gasteiger partial charge on any atom is 0.324 e. The van der Waals surface area contributed by atoms with Crippen LogP contribution in [0.15, 0.2) is 243 Å². The van der Waals surface area contributed by atoms with Gasteiger partial charge in [-0.3, -0.25) is 38.6 Å². The molecule has 0 aliphatic carbocycles. The van der Waals surface area contributed by atoms with Crippen LogP contribution in [-0.2, 0) is 51.3 Å². The Bertz CT molecular complexity index is 4040. The van der Waals surface area contributed by atoms with Crippen LogP contribution >= 0.6 is 23.2 Å². The largest absolute Gasteiger partial charge is 0.465 e. The van der Waals surface area contributed by atoms with Gasteiger partial charge in [-0.25, -0.2) is 19.2 Å². The Hall–Kier alpha value is -10.1. The van der Waals surface area contributed by atoms with Crippen LogP contribution in [0.2, 0.25) is 10.0 Å². The van der Waals surface area contributed by atoms with Crippen molar-refractivity contribution in [3.8, 4) is 33.9 Å². The summed E-state index contributed by atoms with van der Waals surface area (Å²) in [4.78, 5) is 92.0. The van der Waals surface area contributed by atoms with Crippen molar-refractivity contribution in [1.82, 2.24) is 29.4 Å². The molecule has 0 spiro atoms. The number of halogens is 2. The summed E-state index contributed by atoms with van der Waals surface area (Å²) in [5.41, 5.74) is 8.76. The van der Waals surface area contributed by atoms with Crippen LogP contribution in [-0.4, -0.2) is 90.2 Å². The lowest BCUT2D eigenvalue weighted by molar-refractivity contribution is -0.152. The molecule has 4 fully saturated rings. The first-order valence-corrected chi connectivity index (χ1v) is 31.3. The van der Waals surface area contributed by atoms with Gasteiger partial charge in [0.25, 0.3) is 0 Å². The summed E-state index contributed by atoms with van der Waals surface area (Å²) < 4.78 is 14.8. The molecule has 0 saturated carbocycles. The number of ether oxygens (including phenoxy) is 2. The molecule has 4 amide bonds. The molecule has 16 nitrogen and oxygen atoms in total. The van der Waals surface area contributed by atoms with E-state index in [4.69, 9.17) is 42.9 Å². The lowest BCUT2D eigenvalue weighted by atomic mass is 9.86. The number of hydrogen-bond donors (Lipinski definition) is 0. The van der Waals surface area contributed by atoms with Gasteiger partial charge in [-0.2, -0.15) is 10.2 Å². The summed E-state index contributed by atoms with van der Waals surface area (Å²) in [6.45, 7) is 4.38. The molecule has 0 N–H and O–H groups in total. The standard InChI is InChI=1S/2C37H31ClN4O4/c2*1-2-46-37(45)34-31-30(35(43)42(36(31)44)28-16-10-5-11-17-28)33(40(34)22-24-12-6-3-7-13-24)29-23-41(27-14-8-4-9-15-27)39-32(29)25-18-20-26(38)21-19-25/h2*3-21,23,30-31,33-34H,2,22H2,1H3/t2*30-,31+,33-,34+/m10/s1. The normalized spacial score (nSPS) is 21.0. The molecule has 4 saturated heterocycles. The average Bonchev–Trinajstić information content (AvgIpc) is 1.56. The Kier molecular flexibility index (Phi) is 17.4. The minimum atomic E-state index is -1.00. The van der Waals surface area contributed by atoms with Gasteiger partial charge in [-0.1, -0.05) is 181 Å². The minimum Gasteiger partial charge on any atom is -0.465 e. The van der Waals surface area contributed by atoms with Crippen LogP contribution in [0.4, 0.5) is 11.4 Å². The molecule has 8 atom stereocenters. The van der Waals surface area contributed by atoms with Crippen molar-refractivity contribution in [3.63, 3.8) is 0 Å². The van der Waals surface area contributed by atoms with Gasteiger partial charge in [0.15, 0.2) is 0 Å². The van der Waals surface area contributed by atoms with Crippen LogP contribution in [0.5, 0.6) is 0 Å². The number of fused-ring (bicyclic) bond motifs is 2. The van der Waals surface area contributed by atoms with Crippen LogP contribution in [0.1, 0.15) is 48.2 Å². The second-order valence-corrected chi connectivity index (χ2v) is 23.7. The molecule has 18 heteroatoms. The average molecular weight is 1260 g/mol. The topological polar surface area (TPSA) is 169 Å². The number of rotatable bonds is 16. The fourth-order valence-corrected chi connectivity index (χ4v) is 13.9. The third kappa shape index (κ3) is 11.5. The van der Waals surface area contributed by atoms with E-state index in [0.29, 0.717) is 45.9 Å². The number of amides is 4. The van der Waals surface area contributed by atoms with Gasteiger partial charge in [0, 0.05) is 57.8 Å². The van der Waals surface area contributed by atoms with Gasteiger partial charge < -0.3 is 9.47 Å². The van der Waals surface area contributed by atoms with Crippen LogP contribution in [0, 0.1) is 23.7 Å². The van der Waals surface area contributed by atoms with Crippen molar-refractivity contribution in [3.05, 3.63) is 275 Å². The number of benzene rings is 8. The molecule has 8 aromatic carbocycles. The Morgan fingerprint density at radius 2 is 0.685 bits per heavy atom. The predicted octanol–water partition coefficient (Wildman–Crippen LogP) is 13.0. The molecule has 14 rings (SSSR count). The Labute approximate surface area is 541 Å². The van der Waals surface area contributed by atoms with Crippen LogP contribution in [0.3, 0.4) is 0 Å². The highest BCUT2D eigenvalue weighted by atomic mass is 35.5. The number of anilines is 2. The van der Waals surface area contributed by atoms with E-state index in [2.05, 4.69) is 0 Å². The SMILES string of the molecule is CCOC(=O)[C@@H]1[C@H]2C(=O)N(c3ccccc3)C(=O)[C@H]2[C@@H](c2cn(-c3ccccc3)nc2-c2ccc(Cl)cc2)N1Cc1ccccc1.CCOC(=O)[C@H]1[C@@H]2C(=O)N(c3ccccc3)C(=O)[C@@H]2[C@H](c2cn(-c3ccccc3)nc2-c2ccc(Cl)cc2)N1Cc1ccccc1. The quantitative estimate of drug-likeness (QED) is 0.0664. The first kappa shape index (κ1) is 60.8. The van der Waals surface area contributed by atoms with E-state index < -0.39 is 71.6 Å². The molecule has 4 aliphatic heterocycles. The molecule has 0 bridgehead atoms. The molecule has 460 valence electrons. The fourth-order valence-electron chi connectivity index (χ4n) is 13.6. The smallest absolute Gasteiger partial charge is 0.324 e. The number of esters is 2. The molecule has 0 radical (unpaired) electrons. The van der Waals surface area contributed by atoms with E-state index in [0.717, 1.165) is 44.8 Å². The lowest BCUT2D eigenvalue weighted by Crippen LogP contribution is -2.46. The molecule has 4 aliphatic rings. The first-order valence-electron chi connectivity index (χ1n) is 30.5. The highest BCUT2D eigenvalue weighted by molar-refractivity contribution is 6.31. The second kappa shape index (κ2) is 26.4. The Morgan fingerprint density at radius 3 is 1.00 bits per heavy atom. The molecule has 6 heterocycles. The van der Waals surface area contributed by atoms with Crippen molar-refractivity contribution in [2.75, 3.05) is 23.0 Å². The van der Waals surface area contributed by atoms with Gasteiger partial charge >= 0.3 is 11.9 Å². The number of carbonyl (C=O) groups is 6. The Morgan fingerprint density at radius 1 is 0.391 bits per heavy atom. The van der Waals surface area contributed by atoms with Crippen molar-refractivity contribution >= 4 is 70.1 Å². The molecule has 0 unspecified atom stereocenters. The fraction of sp³-hybridized carbons (Fsp3) is 0.189. The summed E-state index contributed by atoms with van der Waals surface area (Å²) in [7, 11) is 0. The first-order chi connectivity index (χ1) is 44.9. The number of aromatic nitrogens is 4. The Balaban J connectivity index is 0.000000168. The number of para-hydroxylation sites is 4. The third-order valence-corrected chi connectivity index (χ3v) is 18.0. The maximum atomic E-state index is 14.6. The highest BCUT2D eigenvalue weighted by Crippen LogP contribution is 2.55. The molecule has 10 aromatic rings. The zero-order chi connectivity index (χ0) is 63.6. The van der Waals surface area contributed by atoms with E-state index in [9.17, 15) is 28.8 Å². The summed E-state index contributed by atoms with van der Waals surface area (Å²) in [6.07, 6.45) is 3.82. The zero-order valence-corrected chi connectivity index (χ0v) is 51.7. The minimum absolute atomic E-state index is 0.142. The third-order valence-electron chi connectivity index (χ3n) is 17.5. The summed E-state index contributed by atoms with van der Waals surface area (Å²) >= 11 is 12.5.